The largest absolute Gasteiger partial charge is 0.493 e. The number of hydrogen-bond acceptors (Lipinski definition) is 9. The molecular formula is C19H18N4O5S. The van der Waals surface area contributed by atoms with Gasteiger partial charge in [-0.25, -0.2) is 9.78 Å². The van der Waals surface area contributed by atoms with Gasteiger partial charge in [-0.3, -0.25) is 4.79 Å². The monoisotopic (exact) mass is 414 g/mol. The molecule has 1 amide bonds. The average Bonchev–Trinajstić information content (AvgIpc) is 3.14. The van der Waals surface area contributed by atoms with Crippen LogP contribution in [0.3, 0.4) is 0 Å². The summed E-state index contributed by atoms with van der Waals surface area (Å²) in [7, 11) is 1.51. The van der Waals surface area contributed by atoms with Crippen LogP contribution in [0.15, 0.2) is 46.7 Å². The Balaban J connectivity index is 1.73. The number of rotatable bonds is 7. The minimum Gasteiger partial charge on any atom is -0.493 e. The minimum absolute atomic E-state index is 0.0900. The van der Waals surface area contributed by atoms with Gasteiger partial charge in [-0.1, -0.05) is 11.8 Å². The molecule has 1 N–H and O–H groups in total. The van der Waals surface area contributed by atoms with E-state index >= 15 is 0 Å². The molecular weight excluding hydrogens is 396 g/mol. The highest BCUT2D eigenvalue weighted by molar-refractivity contribution is 8.15. The number of aromatic nitrogens is 1. The molecule has 3 rings (SSSR count). The normalized spacial score (nSPS) is 14.8. The number of esters is 1. The average molecular weight is 414 g/mol. The van der Waals surface area contributed by atoms with Crippen molar-refractivity contribution in [3.8, 4) is 17.4 Å². The van der Waals surface area contributed by atoms with Gasteiger partial charge in [-0.2, -0.15) is 5.10 Å². The quantitative estimate of drug-likeness (QED) is 0.421. The summed E-state index contributed by atoms with van der Waals surface area (Å²) in [6.07, 6.45) is 3.00. The molecule has 150 valence electrons. The third-order valence-electron chi connectivity index (χ3n) is 3.59. The first-order chi connectivity index (χ1) is 14.1. The third kappa shape index (κ3) is 5.55. The summed E-state index contributed by atoms with van der Waals surface area (Å²) in [6, 6.07) is 8.22. The molecule has 0 spiro atoms. The predicted molar refractivity (Wildman–Crippen MR) is 109 cm³/mol. The zero-order chi connectivity index (χ0) is 20.6. The van der Waals surface area contributed by atoms with E-state index in [1.54, 1.807) is 31.2 Å². The van der Waals surface area contributed by atoms with E-state index in [1.807, 2.05) is 0 Å². The van der Waals surface area contributed by atoms with Gasteiger partial charge in [0, 0.05) is 12.3 Å². The summed E-state index contributed by atoms with van der Waals surface area (Å²) in [4.78, 5) is 27.1. The maximum absolute atomic E-state index is 11.9. The van der Waals surface area contributed by atoms with Crippen molar-refractivity contribution in [1.29, 1.82) is 0 Å². The van der Waals surface area contributed by atoms with Crippen LogP contribution in [-0.2, 0) is 9.53 Å². The van der Waals surface area contributed by atoms with Gasteiger partial charge in [-0.15, -0.1) is 5.10 Å². The summed E-state index contributed by atoms with van der Waals surface area (Å²) in [5, 5.41) is 11.0. The molecule has 0 saturated carbocycles. The lowest BCUT2D eigenvalue weighted by atomic mass is 10.2. The molecule has 0 unspecified atom stereocenters. The highest BCUT2D eigenvalue weighted by atomic mass is 32.2. The van der Waals surface area contributed by atoms with E-state index < -0.39 is 5.97 Å². The van der Waals surface area contributed by atoms with Crippen LogP contribution in [0.4, 0.5) is 0 Å². The smallest absolute Gasteiger partial charge is 0.338 e. The van der Waals surface area contributed by atoms with Crippen molar-refractivity contribution in [2.45, 2.75) is 6.92 Å². The highest BCUT2D eigenvalue weighted by Gasteiger charge is 2.16. The number of nitrogens with zero attached hydrogens (tertiary/aromatic N) is 3. The Morgan fingerprint density at radius 3 is 2.90 bits per heavy atom. The first-order valence-corrected chi connectivity index (χ1v) is 9.60. The van der Waals surface area contributed by atoms with Crippen molar-refractivity contribution in [3.63, 3.8) is 0 Å². The number of benzene rings is 1. The van der Waals surface area contributed by atoms with Crippen LogP contribution in [0, 0.1) is 0 Å². The van der Waals surface area contributed by atoms with Crippen LogP contribution < -0.4 is 14.8 Å². The van der Waals surface area contributed by atoms with Crippen molar-refractivity contribution in [3.05, 3.63) is 47.7 Å². The molecule has 0 bridgehead atoms. The van der Waals surface area contributed by atoms with E-state index in [1.165, 1.54) is 37.3 Å². The molecule has 0 atom stereocenters. The SMILES string of the molecule is CCOC(=O)c1ccnc(Oc2ccc(C=NN=C3NC(=O)CS3)cc2OC)c1. The second-order valence-electron chi connectivity index (χ2n) is 5.60. The lowest BCUT2D eigenvalue weighted by Gasteiger charge is -2.10. The molecule has 0 aliphatic carbocycles. The van der Waals surface area contributed by atoms with E-state index in [0.29, 0.717) is 28.0 Å². The lowest BCUT2D eigenvalue weighted by molar-refractivity contribution is -0.116. The number of amides is 1. The van der Waals surface area contributed by atoms with Gasteiger partial charge in [0.2, 0.25) is 11.8 Å². The van der Waals surface area contributed by atoms with Crippen LogP contribution in [0.1, 0.15) is 22.8 Å². The Hall–Kier alpha value is -3.40. The molecule has 29 heavy (non-hydrogen) atoms. The van der Waals surface area contributed by atoms with Crippen LogP contribution in [0.2, 0.25) is 0 Å². The number of thioether (sulfide) groups is 1. The highest BCUT2D eigenvalue weighted by Crippen LogP contribution is 2.31. The number of carbonyl (C=O) groups is 2. The fourth-order valence-electron chi connectivity index (χ4n) is 2.30. The van der Waals surface area contributed by atoms with Gasteiger partial charge in [0.05, 0.1) is 31.2 Å². The Kier molecular flexibility index (Phi) is 6.80. The maximum Gasteiger partial charge on any atom is 0.338 e. The standard InChI is InChI=1S/C19H18N4O5S/c1-3-27-18(25)13-6-7-20-17(9-13)28-14-5-4-12(8-15(14)26-2)10-21-23-19-22-16(24)11-29-19/h4-10H,3,11H2,1-2H3,(H,22,23,24). The fourth-order valence-corrected chi connectivity index (χ4v) is 2.93. The summed E-state index contributed by atoms with van der Waals surface area (Å²) in [5.74, 6) is 0.913. The Bertz CT molecular complexity index is 977. The Labute approximate surface area is 171 Å². The van der Waals surface area contributed by atoms with Crippen LogP contribution in [0.5, 0.6) is 17.4 Å². The van der Waals surface area contributed by atoms with Gasteiger partial charge in [-0.05, 0) is 36.8 Å². The molecule has 2 heterocycles. The van der Waals surface area contributed by atoms with Crippen molar-refractivity contribution >= 4 is 35.0 Å². The lowest BCUT2D eigenvalue weighted by Crippen LogP contribution is -2.19. The number of nitrogens with one attached hydrogen (secondary N) is 1. The number of pyridine rings is 1. The van der Waals surface area contributed by atoms with E-state index in [9.17, 15) is 9.59 Å². The molecule has 1 aromatic carbocycles. The number of ether oxygens (including phenoxy) is 3. The van der Waals surface area contributed by atoms with Crippen LogP contribution in [0.25, 0.3) is 0 Å². The topological polar surface area (TPSA) is 111 Å². The van der Waals surface area contributed by atoms with E-state index in [0.717, 1.165) is 5.56 Å². The molecule has 1 saturated heterocycles. The molecule has 1 aliphatic rings. The minimum atomic E-state index is -0.448. The molecule has 2 aromatic rings. The second kappa shape index (κ2) is 9.69. The molecule has 10 heteroatoms. The van der Waals surface area contributed by atoms with Gasteiger partial charge < -0.3 is 19.5 Å². The number of hydrogen-bond donors (Lipinski definition) is 1. The summed E-state index contributed by atoms with van der Waals surface area (Å²) in [5.41, 5.74) is 1.07. The van der Waals surface area contributed by atoms with E-state index in [4.69, 9.17) is 14.2 Å². The molecule has 9 nitrogen and oxygen atoms in total. The Morgan fingerprint density at radius 1 is 1.31 bits per heavy atom. The van der Waals surface area contributed by atoms with Crippen molar-refractivity contribution in [1.82, 2.24) is 10.3 Å². The summed E-state index contributed by atoms with van der Waals surface area (Å²) < 4.78 is 16.1. The van der Waals surface area contributed by atoms with Gasteiger partial charge >= 0.3 is 5.97 Å². The van der Waals surface area contributed by atoms with Crippen molar-refractivity contribution < 1.29 is 23.8 Å². The summed E-state index contributed by atoms with van der Waals surface area (Å²) in [6.45, 7) is 2.02. The van der Waals surface area contributed by atoms with E-state index in [2.05, 4.69) is 20.5 Å². The van der Waals surface area contributed by atoms with E-state index in [-0.39, 0.29) is 18.4 Å². The van der Waals surface area contributed by atoms with Gasteiger partial charge in [0.15, 0.2) is 16.7 Å². The third-order valence-corrected chi connectivity index (χ3v) is 4.45. The number of amidine groups is 1. The fraction of sp³-hybridized carbons (Fsp3) is 0.211. The molecule has 1 aliphatic heterocycles. The predicted octanol–water partition coefficient (Wildman–Crippen LogP) is 2.61. The van der Waals surface area contributed by atoms with Gasteiger partial charge in [0.25, 0.3) is 0 Å². The molecule has 0 radical (unpaired) electrons. The summed E-state index contributed by atoms with van der Waals surface area (Å²) >= 11 is 1.29. The molecule has 1 fully saturated rings. The zero-order valence-corrected chi connectivity index (χ0v) is 16.6. The first-order valence-electron chi connectivity index (χ1n) is 8.61. The van der Waals surface area contributed by atoms with Crippen molar-refractivity contribution in [2.24, 2.45) is 10.2 Å². The maximum atomic E-state index is 11.9. The number of methoxy groups -OCH3 is 1. The van der Waals surface area contributed by atoms with Gasteiger partial charge in [0.1, 0.15) is 0 Å². The van der Waals surface area contributed by atoms with Crippen LogP contribution >= 0.6 is 11.8 Å². The van der Waals surface area contributed by atoms with Crippen molar-refractivity contribution in [2.75, 3.05) is 19.5 Å². The first kappa shape index (κ1) is 20.3. The molecule has 1 aromatic heterocycles. The second-order valence-corrected chi connectivity index (χ2v) is 6.57. The van der Waals surface area contributed by atoms with Crippen LogP contribution in [-0.4, -0.2) is 47.7 Å². The zero-order valence-electron chi connectivity index (χ0n) is 15.7. The Morgan fingerprint density at radius 2 is 2.17 bits per heavy atom. The number of carbonyl (C=O) groups excluding carboxylic acids is 2.